The second-order valence-electron chi connectivity index (χ2n) is 7.65. The Morgan fingerprint density at radius 3 is 2.59 bits per heavy atom. The quantitative estimate of drug-likeness (QED) is 0.784. The lowest BCUT2D eigenvalue weighted by atomic mass is 10.0. The maximum Gasteiger partial charge on any atom is 0.255 e. The number of fused-ring (bicyclic) bond motifs is 1. The van der Waals surface area contributed by atoms with Gasteiger partial charge in [0.25, 0.3) is 5.95 Å². The fourth-order valence-electron chi connectivity index (χ4n) is 4.30. The Bertz CT molecular complexity index is 788. The summed E-state index contributed by atoms with van der Waals surface area (Å²) in [6, 6.07) is 6.59. The number of ether oxygens (including phenoxy) is 1. The van der Waals surface area contributed by atoms with Gasteiger partial charge in [-0.3, -0.25) is 9.88 Å². The molecule has 2 N–H and O–H groups in total. The molecule has 1 aliphatic heterocycles. The summed E-state index contributed by atoms with van der Waals surface area (Å²) in [5, 5.41) is 19.7. The normalized spacial score (nSPS) is 26.1. The van der Waals surface area contributed by atoms with Crippen LogP contribution in [0.2, 0.25) is 0 Å². The highest BCUT2D eigenvalue weighted by Crippen LogP contribution is 2.40. The van der Waals surface area contributed by atoms with Crippen LogP contribution in [0, 0.1) is 24.7 Å². The summed E-state index contributed by atoms with van der Waals surface area (Å²) in [7, 11) is 0. The summed E-state index contributed by atoms with van der Waals surface area (Å²) < 4.78 is 19.7. The van der Waals surface area contributed by atoms with E-state index in [2.05, 4.69) is 14.9 Å². The Labute approximate surface area is 157 Å². The molecule has 0 spiro atoms. The molecule has 4 atom stereocenters. The first-order valence-corrected chi connectivity index (χ1v) is 9.33. The number of nitrogens with zero attached hydrogens (tertiary/aromatic N) is 3. The van der Waals surface area contributed by atoms with Gasteiger partial charge in [-0.05, 0) is 55.9 Å². The van der Waals surface area contributed by atoms with Gasteiger partial charge in [-0.1, -0.05) is 0 Å². The van der Waals surface area contributed by atoms with Crippen molar-refractivity contribution in [2.45, 2.75) is 32.0 Å². The molecule has 7 heteroatoms. The molecule has 4 rings (SSSR count). The molecule has 27 heavy (non-hydrogen) atoms. The molecule has 1 unspecified atom stereocenters. The molecule has 6 nitrogen and oxygen atoms in total. The van der Waals surface area contributed by atoms with Crippen molar-refractivity contribution in [1.29, 1.82) is 0 Å². The average Bonchev–Trinajstić information content (AvgIpc) is 3.15. The Morgan fingerprint density at radius 1 is 1.22 bits per heavy atom. The lowest BCUT2D eigenvalue weighted by Gasteiger charge is -2.22. The van der Waals surface area contributed by atoms with Crippen LogP contribution in [0.4, 0.5) is 4.39 Å². The van der Waals surface area contributed by atoms with Crippen molar-refractivity contribution in [3.8, 4) is 11.5 Å². The highest BCUT2D eigenvalue weighted by atomic mass is 19.1. The van der Waals surface area contributed by atoms with E-state index in [1.54, 1.807) is 25.1 Å². The predicted molar refractivity (Wildman–Crippen MR) is 96.9 cm³/mol. The standard InChI is InChI=1S/C20H24FN3O3/c1-12-2-5-19(20(21)23-12)27-16-6-13-9-24(10-14(13)7-16)11-18(26)17-4-3-15(25)8-22-17/h2-5,8,13-14,16,18,25-26H,6-7,9-11H2,1H3/t13-,14+,16+,18?. The maximum atomic E-state index is 13.9. The predicted octanol–water partition coefficient (Wildman–Crippen LogP) is 2.45. The van der Waals surface area contributed by atoms with E-state index in [-0.39, 0.29) is 17.6 Å². The third kappa shape index (κ3) is 4.04. The molecule has 144 valence electrons. The van der Waals surface area contributed by atoms with E-state index in [0.717, 1.165) is 25.9 Å². The Balaban J connectivity index is 1.29. The highest BCUT2D eigenvalue weighted by Gasteiger charge is 2.42. The zero-order valence-electron chi connectivity index (χ0n) is 15.3. The third-order valence-electron chi connectivity index (χ3n) is 5.57. The van der Waals surface area contributed by atoms with Gasteiger partial charge >= 0.3 is 0 Å². The largest absolute Gasteiger partial charge is 0.506 e. The molecular weight excluding hydrogens is 349 g/mol. The minimum absolute atomic E-state index is 0.0184. The van der Waals surface area contributed by atoms with Crippen molar-refractivity contribution in [1.82, 2.24) is 14.9 Å². The Morgan fingerprint density at radius 2 is 1.96 bits per heavy atom. The van der Waals surface area contributed by atoms with Gasteiger partial charge in [-0.15, -0.1) is 0 Å². The summed E-state index contributed by atoms with van der Waals surface area (Å²) in [5.74, 6) is 0.773. The minimum atomic E-state index is -0.677. The number of halogens is 1. The zero-order valence-corrected chi connectivity index (χ0v) is 15.3. The van der Waals surface area contributed by atoms with E-state index in [9.17, 15) is 14.6 Å². The van der Waals surface area contributed by atoms with E-state index >= 15 is 0 Å². The summed E-state index contributed by atoms with van der Waals surface area (Å²) in [4.78, 5) is 10.1. The Hall–Kier alpha value is -2.25. The smallest absolute Gasteiger partial charge is 0.255 e. The summed E-state index contributed by atoms with van der Waals surface area (Å²) in [6.45, 7) is 4.07. The molecular formula is C20H24FN3O3. The average molecular weight is 373 g/mol. The maximum absolute atomic E-state index is 13.9. The van der Waals surface area contributed by atoms with Crippen molar-refractivity contribution in [2.24, 2.45) is 11.8 Å². The number of β-amino-alcohol motifs (C(OH)–C–C–N with tert-alkyl or cyclic N) is 1. The van der Waals surface area contributed by atoms with Crippen LogP contribution in [0.3, 0.4) is 0 Å². The lowest BCUT2D eigenvalue weighted by molar-refractivity contribution is 0.112. The minimum Gasteiger partial charge on any atom is -0.506 e. The molecule has 0 radical (unpaired) electrons. The fraction of sp³-hybridized carbons (Fsp3) is 0.500. The molecule has 1 aliphatic carbocycles. The van der Waals surface area contributed by atoms with Gasteiger partial charge in [-0.25, -0.2) is 4.98 Å². The first-order chi connectivity index (χ1) is 13.0. The van der Waals surface area contributed by atoms with Crippen molar-refractivity contribution >= 4 is 0 Å². The second kappa shape index (κ2) is 7.40. The molecule has 2 aromatic rings. The van der Waals surface area contributed by atoms with Crippen molar-refractivity contribution in [3.63, 3.8) is 0 Å². The topological polar surface area (TPSA) is 78.7 Å². The number of aliphatic hydroxyl groups is 1. The van der Waals surface area contributed by atoms with Crippen LogP contribution in [-0.2, 0) is 0 Å². The number of aryl methyl sites for hydroxylation is 1. The van der Waals surface area contributed by atoms with E-state index in [0.29, 0.717) is 29.8 Å². The first-order valence-electron chi connectivity index (χ1n) is 9.33. The van der Waals surface area contributed by atoms with Gasteiger partial charge in [0.1, 0.15) is 11.9 Å². The molecule has 2 fully saturated rings. The fourth-order valence-corrected chi connectivity index (χ4v) is 4.30. The molecule has 0 aromatic carbocycles. The van der Waals surface area contributed by atoms with Crippen LogP contribution in [0.15, 0.2) is 30.5 Å². The molecule has 0 bridgehead atoms. The molecule has 3 heterocycles. The number of pyridine rings is 2. The lowest BCUT2D eigenvalue weighted by Crippen LogP contribution is -2.29. The summed E-state index contributed by atoms with van der Waals surface area (Å²) in [5.41, 5.74) is 1.20. The zero-order chi connectivity index (χ0) is 19.0. The van der Waals surface area contributed by atoms with Crippen LogP contribution in [0.5, 0.6) is 11.5 Å². The van der Waals surface area contributed by atoms with Crippen LogP contribution >= 0.6 is 0 Å². The molecule has 2 aromatic heterocycles. The monoisotopic (exact) mass is 373 g/mol. The first kappa shape index (κ1) is 18.1. The molecule has 2 aliphatic rings. The number of hydrogen-bond donors (Lipinski definition) is 2. The third-order valence-corrected chi connectivity index (χ3v) is 5.57. The van der Waals surface area contributed by atoms with E-state index < -0.39 is 12.1 Å². The van der Waals surface area contributed by atoms with Gasteiger partial charge < -0.3 is 14.9 Å². The van der Waals surface area contributed by atoms with Crippen LogP contribution in [0.1, 0.15) is 30.3 Å². The number of hydrogen-bond acceptors (Lipinski definition) is 6. The molecule has 1 saturated carbocycles. The number of aromatic nitrogens is 2. The van der Waals surface area contributed by atoms with Crippen molar-refractivity contribution in [2.75, 3.05) is 19.6 Å². The summed E-state index contributed by atoms with van der Waals surface area (Å²) in [6.07, 6.45) is 2.47. The summed E-state index contributed by atoms with van der Waals surface area (Å²) >= 11 is 0. The van der Waals surface area contributed by atoms with Gasteiger partial charge in [0.2, 0.25) is 0 Å². The highest BCUT2D eigenvalue weighted by molar-refractivity contribution is 5.22. The van der Waals surface area contributed by atoms with Crippen molar-refractivity contribution < 1.29 is 19.3 Å². The van der Waals surface area contributed by atoms with Crippen LogP contribution < -0.4 is 4.74 Å². The van der Waals surface area contributed by atoms with Crippen LogP contribution in [0.25, 0.3) is 0 Å². The number of likely N-dealkylation sites (tertiary alicyclic amines) is 1. The number of rotatable bonds is 5. The van der Waals surface area contributed by atoms with Gasteiger partial charge in [0, 0.05) is 25.3 Å². The molecule has 0 amide bonds. The van der Waals surface area contributed by atoms with Crippen LogP contribution in [-0.4, -0.2) is 50.8 Å². The number of aliphatic hydroxyl groups excluding tert-OH is 1. The van der Waals surface area contributed by atoms with E-state index in [4.69, 9.17) is 4.74 Å². The SMILES string of the molecule is Cc1ccc(O[C@H]2C[C@@H]3CN(CC(O)c4ccc(O)cn4)C[C@@H]3C2)c(F)n1. The molecule has 1 saturated heterocycles. The van der Waals surface area contributed by atoms with Gasteiger partial charge in [0.15, 0.2) is 5.75 Å². The van der Waals surface area contributed by atoms with Crippen molar-refractivity contribution in [3.05, 3.63) is 47.8 Å². The number of aromatic hydroxyl groups is 1. The Kier molecular flexibility index (Phi) is 4.97. The van der Waals surface area contributed by atoms with E-state index in [1.165, 1.54) is 12.3 Å². The van der Waals surface area contributed by atoms with Gasteiger partial charge in [0.05, 0.1) is 18.0 Å². The second-order valence-corrected chi connectivity index (χ2v) is 7.65. The van der Waals surface area contributed by atoms with Gasteiger partial charge in [-0.2, -0.15) is 4.39 Å². The van der Waals surface area contributed by atoms with E-state index in [1.807, 2.05) is 0 Å².